The lowest BCUT2D eigenvalue weighted by molar-refractivity contribution is -0.113. The zero-order valence-corrected chi connectivity index (χ0v) is 8.66. The first-order chi connectivity index (χ1) is 7.29. The van der Waals surface area contributed by atoms with E-state index in [0.717, 1.165) is 13.1 Å². The van der Waals surface area contributed by atoms with Gasteiger partial charge in [0.25, 0.3) is 0 Å². The molecular weight excluding hydrogens is 192 g/mol. The van der Waals surface area contributed by atoms with Crippen molar-refractivity contribution in [3.8, 4) is 0 Å². The van der Waals surface area contributed by atoms with E-state index in [4.69, 9.17) is 0 Å². The van der Waals surface area contributed by atoms with Crippen LogP contribution in [-0.4, -0.2) is 24.7 Å². The van der Waals surface area contributed by atoms with E-state index in [1.54, 1.807) is 0 Å². The van der Waals surface area contributed by atoms with Gasteiger partial charge in [0.2, 0.25) is 0 Å². The van der Waals surface area contributed by atoms with Crippen LogP contribution in [0, 0.1) is 0 Å². The topological polar surface area (TPSA) is 58.2 Å². The first kappa shape index (κ1) is 11.8. The molecular formula is C11H16N2O2. The number of carbonyl (C=O) groups is 2. The molecule has 2 aliphatic rings. The van der Waals surface area contributed by atoms with Crippen LogP contribution in [0.3, 0.4) is 0 Å². The number of ketones is 2. The van der Waals surface area contributed by atoms with Gasteiger partial charge in [0.1, 0.15) is 0 Å². The number of nitrogens with one attached hydrogen (secondary N) is 2. The van der Waals surface area contributed by atoms with Crippen molar-refractivity contribution in [2.24, 2.45) is 0 Å². The summed E-state index contributed by atoms with van der Waals surface area (Å²) in [5, 5.41) is 0. The normalized spacial score (nSPS) is 20.5. The Kier molecular flexibility index (Phi) is 5.58. The van der Waals surface area contributed by atoms with Crippen LogP contribution in [0.5, 0.6) is 0 Å². The fourth-order valence-corrected chi connectivity index (χ4v) is 1.22. The van der Waals surface area contributed by atoms with Gasteiger partial charge in [-0.05, 0) is 37.1 Å². The predicted octanol–water partition coefficient (Wildman–Crippen LogP) is 0.515. The molecule has 1 aliphatic carbocycles. The summed E-state index contributed by atoms with van der Waals surface area (Å²) in [4.78, 5) is 20.6. The second-order valence-electron chi connectivity index (χ2n) is 3.39. The van der Waals surface area contributed by atoms with E-state index in [1.807, 2.05) is 0 Å². The molecule has 1 saturated heterocycles. The van der Waals surface area contributed by atoms with Gasteiger partial charge in [-0.3, -0.25) is 20.4 Å². The van der Waals surface area contributed by atoms with Gasteiger partial charge in [0, 0.05) is 13.1 Å². The van der Waals surface area contributed by atoms with Crippen molar-refractivity contribution < 1.29 is 9.59 Å². The van der Waals surface area contributed by atoms with E-state index in [2.05, 4.69) is 10.9 Å². The summed E-state index contributed by atoms with van der Waals surface area (Å²) in [6.45, 7) is 2.28. The Bertz CT molecular complexity index is 225. The summed E-state index contributed by atoms with van der Waals surface area (Å²) >= 11 is 0. The number of allylic oxidation sites excluding steroid dienone is 4. The molecule has 0 aromatic rings. The largest absolute Gasteiger partial charge is 0.290 e. The molecule has 0 aromatic heterocycles. The molecule has 0 saturated carbocycles. The van der Waals surface area contributed by atoms with Crippen LogP contribution in [0.1, 0.15) is 19.3 Å². The minimum atomic E-state index is -0.121. The van der Waals surface area contributed by atoms with Crippen molar-refractivity contribution in [1.82, 2.24) is 10.9 Å². The molecule has 4 heteroatoms. The van der Waals surface area contributed by atoms with Crippen molar-refractivity contribution >= 4 is 11.6 Å². The molecule has 4 nitrogen and oxygen atoms in total. The van der Waals surface area contributed by atoms with E-state index in [0.29, 0.717) is 0 Å². The second kappa shape index (κ2) is 7.09. The maximum atomic E-state index is 10.3. The predicted molar refractivity (Wildman–Crippen MR) is 58.2 cm³/mol. The number of hydrazine groups is 1. The van der Waals surface area contributed by atoms with Crippen LogP contribution < -0.4 is 10.9 Å². The third-order valence-corrected chi connectivity index (χ3v) is 2.05. The highest BCUT2D eigenvalue weighted by Gasteiger charge is 1.97. The van der Waals surface area contributed by atoms with Crippen molar-refractivity contribution in [3.05, 3.63) is 24.3 Å². The minimum Gasteiger partial charge on any atom is -0.290 e. The highest BCUT2D eigenvalue weighted by molar-refractivity contribution is 6.14. The third kappa shape index (κ3) is 5.93. The molecule has 1 fully saturated rings. The Labute approximate surface area is 89.4 Å². The number of hydrogen-bond donors (Lipinski definition) is 2. The molecule has 2 N–H and O–H groups in total. The van der Waals surface area contributed by atoms with Crippen molar-refractivity contribution in [1.29, 1.82) is 0 Å². The summed E-state index contributed by atoms with van der Waals surface area (Å²) in [6, 6.07) is 0. The standard InChI is InChI=1S/C6H4O2.C5H12N2/c7-5-1-2-6(8)4-3-5;1-2-4-6-7-5-3-1/h1-4H;6-7H,1-5H2. The van der Waals surface area contributed by atoms with Gasteiger partial charge in [-0.1, -0.05) is 6.42 Å². The third-order valence-electron chi connectivity index (χ3n) is 2.05. The number of hydrogen-bond acceptors (Lipinski definition) is 4. The first-order valence-electron chi connectivity index (χ1n) is 5.19. The van der Waals surface area contributed by atoms with E-state index >= 15 is 0 Å². The fraction of sp³-hybridized carbons (Fsp3) is 0.455. The van der Waals surface area contributed by atoms with E-state index in [-0.39, 0.29) is 11.6 Å². The van der Waals surface area contributed by atoms with Crippen LogP contribution in [0.25, 0.3) is 0 Å². The number of rotatable bonds is 0. The molecule has 2 rings (SSSR count). The van der Waals surface area contributed by atoms with Gasteiger partial charge < -0.3 is 0 Å². The summed E-state index contributed by atoms with van der Waals surface area (Å²) in [5.74, 6) is -0.241. The van der Waals surface area contributed by atoms with E-state index in [1.165, 1.54) is 43.6 Å². The highest BCUT2D eigenvalue weighted by Crippen LogP contribution is 1.93. The Morgan fingerprint density at radius 1 is 0.733 bits per heavy atom. The molecule has 82 valence electrons. The average Bonchev–Trinajstić information content (AvgIpc) is 2.55. The van der Waals surface area contributed by atoms with Gasteiger partial charge in [0.15, 0.2) is 11.6 Å². The second-order valence-corrected chi connectivity index (χ2v) is 3.39. The Balaban J connectivity index is 0.000000151. The van der Waals surface area contributed by atoms with Gasteiger partial charge >= 0.3 is 0 Å². The molecule has 0 atom stereocenters. The Morgan fingerprint density at radius 3 is 1.53 bits per heavy atom. The molecule has 0 aromatic carbocycles. The monoisotopic (exact) mass is 208 g/mol. The summed E-state index contributed by atoms with van der Waals surface area (Å²) < 4.78 is 0. The van der Waals surface area contributed by atoms with E-state index in [9.17, 15) is 9.59 Å². The lowest BCUT2D eigenvalue weighted by atomic mass is 10.2. The summed E-state index contributed by atoms with van der Waals surface area (Å²) in [5.41, 5.74) is 6.19. The van der Waals surface area contributed by atoms with Gasteiger partial charge in [-0.15, -0.1) is 0 Å². The molecule has 15 heavy (non-hydrogen) atoms. The van der Waals surface area contributed by atoms with Gasteiger partial charge in [-0.25, -0.2) is 0 Å². The maximum absolute atomic E-state index is 10.3. The molecule has 0 amide bonds. The molecule has 0 spiro atoms. The SMILES string of the molecule is C1CCNNCC1.O=C1C=CC(=O)C=C1. The zero-order chi connectivity index (χ0) is 10.9. The fourth-order valence-electron chi connectivity index (χ4n) is 1.22. The summed E-state index contributed by atoms with van der Waals surface area (Å²) in [6.07, 6.45) is 9.04. The lowest BCUT2D eigenvalue weighted by Crippen LogP contribution is -2.30. The Hall–Kier alpha value is -1.26. The van der Waals surface area contributed by atoms with Crippen LogP contribution in [0.4, 0.5) is 0 Å². The summed E-state index contributed by atoms with van der Waals surface area (Å²) in [7, 11) is 0. The molecule has 1 aliphatic heterocycles. The van der Waals surface area contributed by atoms with Gasteiger partial charge in [0.05, 0.1) is 0 Å². The Morgan fingerprint density at radius 2 is 1.13 bits per heavy atom. The van der Waals surface area contributed by atoms with Crippen molar-refractivity contribution in [2.45, 2.75) is 19.3 Å². The highest BCUT2D eigenvalue weighted by atomic mass is 16.1. The molecule has 0 unspecified atom stereocenters. The quantitative estimate of drug-likeness (QED) is 0.570. The zero-order valence-electron chi connectivity index (χ0n) is 8.66. The lowest BCUT2D eigenvalue weighted by Gasteiger charge is -1.95. The first-order valence-corrected chi connectivity index (χ1v) is 5.19. The van der Waals surface area contributed by atoms with Crippen molar-refractivity contribution in [3.63, 3.8) is 0 Å². The van der Waals surface area contributed by atoms with Crippen molar-refractivity contribution in [2.75, 3.05) is 13.1 Å². The molecule has 0 radical (unpaired) electrons. The van der Waals surface area contributed by atoms with Crippen LogP contribution in [0.15, 0.2) is 24.3 Å². The molecule has 1 heterocycles. The van der Waals surface area contributed by atoms with Gasteiger partial charge in [-0.2, -0.15) is 0 Å². The van der Waals surface area contributed by atoms with Crippen LogP contribution in [0.2, 0.25) is 0 Å². The van der Waals surface area contributed by atoms with E-state index < -0.39 is 0 Å². The van der Waals surface area contributed by atoms with Crippen LogP contribution in [-0.2, 0) is 9.59 Å². The average molecular weight is 208 g/mol. The minimum absolute atomic E-state index is 0.121. The molecule has 0 bridgehead atoms. The number of carbonyl (C=O) groups excluding carboxylic acids is 2. The maximum Gasteiger partial charge on any atom is 0.178 e. The van der Waals surface area contributed by atoms with Crippen LogP contribution >= 0.6 is 0 Å². The smallest absolute Gasteiger partial charge is 0.178 e.